The summed E-state index contributed by atoms with van der Waals surface area (Å²) in [4.78, 5) is 2.30. The quantitative estimate of drug-likeness (QED) is 0.342. The smallest absolute Gasteiger partial charge is 0.0887 e. The second kappa shape index (κ2) is 11.0. The number of anilines is 1. The van der Waals surface area contributed by atoms with Crippen LogP contribution in [0.1, 0.15) is 31.9 Å². The van der Waals surface area contributed by atoms with Gasteiger partial charge in [-0.2, -0.15) is 20.5 Å². The van der Waals surface area contributed by atoms with Gasteiger partial charge in [0.1, 0.15) is 0 Å². The van der Waals surface area contributed by atoms with Crippen molar-refractivity contribution in [3.63, 3.8) is 0 Å². The third-order valence-electron chi connectivity index (χ3n) is 4.97. The zero-order chi connectivity index (χ0) is 22.1. The second-order valence-electron chi connectivity index (χ2n) is 7.15. The van der Waals surface area contributed by atoms with Crippen molar-refractivity contribution in [2.45, 2.75) is 27.7 Å². The topological polar surface area (TPSA) is 52.7 Å². The number of allylic oxidation sites excluding steroid dienone is 1. The summed E-state index contributed by atoms with van der Waals surface area (Å²) in [6.45, 7) is 10.3. The van der Waals surface area contributed by atoms with Gasteiger partial charge in [0.05, 0.1) is 22.7 Å². The molecule has 31 heavy (non-hydrogen) atoms. The van der Waals surface area contributed by atoms with Crippen molar-refractivity contribution in [3.8, 4) is 0 Å². The molecule has 0 bridgehead atoms. The van der Waals surface area contributed by atoms with Crippen LogP contribution in [0.5, 0.6) is 0 Å². The predicted molar refractivity (Wildman–Crippen MR) is 131 cm³/mol. The molecule has 3 aromatic carbocycles. The maximum atomic E-state index is 4.38. The van der Waals surface area contributed by atoms with E-state index in [4.69, 9.17) is 0 Å². The third-order valence-corrected chi connectivity index (χ3v) is 4.97. The zero-order valence-corrected chi connectivity index (χ0v) is 18.7. The van der Waals surface area contributed by atoms with Crippen LogP contribution < -0.4 is 4.90 Å². The number of rotatable bonds is 8. The van der Waals surface area contributed by atoms with Gasteiger partial charge in [-0.05, 0) is 93.4 Å². The largest absolute Gasteiger partial charge is 0.372 e. The molecule has 0 saturated carbocycles. The van der Waals surface area contributed by atoms with Crippen LogP contribution >= 0.6 is 0 Å². The lowest BCUT2D eigenvalue weighted by Gasteiger charge is -2.20. The molecule has 0 aliphatic carbocycles. The summed E-state index contributed by atoms with van der Waals surface area (Å²) in [7, 11) is 0. The molecule has 0 aliphatic rings. The Morgan fingerprint density at radius 2 is 1.26 bits per heavy atom. The van der Waals surface area contributed by atoms with E-state index in [0.29, 0.717) is 0 Å². The Hall–Kier alpha value is -3.60. The number of hydrogen-bond acceptors (Lipinski definition) is 5. The molecule has 0 N–H and O–H groups in total. The molecule has 0 saturated heterocycles. The average molecular weight is 412 g/mol. The monoisotopic (exact) mass is 411 g/mol. The Bertz CT molecular complexity index is 1060. The first kappa shape index (κ1) is 22.1. The van der Waals surface area contributed by atoms with Gasteiger partial charge in [-0.1, -0.05) is 24.3 Å². The molecule has 0 heterocycles. The summed E-state index contributed by atoms with van der Waals surface area (Å²) in [5.74, 6) is 0. The van der Waals surface area contributed by atoms with Crippen molar-refractivity contribution < 1.29 is 0 Å². The maximum Gasteiger partial charge on any atom is 0.0887 e. The summed E-state index contributed by atoms with van der Waals surface area (Å²) in [6.07, 6.45) is 4.07. The zero-order valence-electron chi connectivity index (χ0n) is 18.7. The summed E-state index contributed by atoms with van der Waals surface area (Å²) in [5, 5.41) is 17.5. The van der Waals surface area contributed by atoms with Crippen molar-refractivity contribution in [1.29, 1.82) is 0 Å². The highest BCUT2D eigenvalue weighted by Crippen LogP contribution is 2.28. The minimum atomic E-state index is 0.792. The molecule has 0 fully saturated rings. The van der Waals surface area contributed by atoms with Crippen LogP contribution in [0.4, 0.5) is 28.4 Å². The normalized spacial score (nSPS) is 11.7. The van der Waals surface area contributed by atoms with Gasteiger partial charge in [-0.3, -0.25) is 0 Å². The molecule has 5 heteroatoms. The van der Waals surface area contributed by atoms with E-state index in [1.54, 1.807) is 0 Å². The number of benzene rings is 3. The van der Waals surface area contributed by atoms with Gasteiger partial charge >= 0.3 is 0 Å². The van der Waals surface area contributed by atoms with Crippen molar-refractivity contribution >= 4 is 34.5 Å². The lowest BCUT2D eigenvalue weighted by molar-refractivity contribution is 0.866. The minimum absolute atomic E-state index is 0.792. The van der Waals surface area contributed by atoms with Gasteiger partial charge in [-0.25, -0.2) is 0 Å². The van der Waals surface area contributed by atoms with E-state index in [2.05, 4.69) is 57.4 Å². The number of aryl methyl sites for hydroxylation is 1. The Morgan fingerprint density at radius 3 is 1.84 bits per heavy atom. The van der Waals surface area contributed by atoms with E-state index >= 15 is 0 Å². The van der Waals surface area contributed by atoms with E-state index < -0.39 is 0 Å². The van der Waals surface area contributed by atoms with Gasteiger partial charge in [0.15, 0.2) is 0 Å². The Kier molecular flexibility index (Phi) is 7.82. The second-order valence-corrected chi connectivity index (χ2v) is 7.15. The Morgan fingerprint density at radius 1 is 0.710 bits per heavy atom. The molecular formula is C26H29N5. The van der Waals surface area contributed by atoms with Crippen LogP contribution in [0.15, 0.2) is 93.3 Å². The summed E-state index contributed by atoms with van der Waals surface area (Å²) in [6, 6.07) is 21.9. The van der Waals surface area contributed by atoms with E-state index in [0.717, 1.165) is 47.0 Å². The summed E-state index contributed by atoms with van der Waals surface area (Å²) >= 11 is 0. The molecule has 0 aromatic heterocycles. The molecule has 0 radical (unpaired) electrons. The van der Waals surface area contributed by atoms with Gasteiger partial charge in [0, 0.05) is 18.8 Å². The molecule has 158 valence electrons. The highest BCUT2D eigenvalue weighted by Gasteiger charge is 2.02. The van der Waals surface area contributed by atoms with Crippen LogP contribution in [0, 0.1) is 6.92 Å². The highest BCUT2D eigenvalue weighted by molar-refractivity contribution is 5.56. The van der Waals surface area contributed by atoms with Gasteiger partial charge in [-0.15, -0.1) is 0 Å². The molecule has 0 aliphatic heterocycles. The molecule has 0 unspecified atom stereocenters. The molecule has 0 amide bonds. The van der Waals surface area contributed by atoms with Crippen molar-refractivity contribution in [1.82, 2.24) is 0 Å². The molecule has 3 rings (SSSR count). The SMILES string of the molecule is C/C=C\c1ccc(N=Nc2ccc(N=Nc3ccc(N(CC)CC)cc3)cc2C)cc1. The summed E-state index contributed by atoms with van der Waals surface area (Å²) in [5.41, 5.74) is 6.62. The first-order valence-corrected chi connectivity index (χ1v) is 10.6. The van der Waals surface area contributed by atoms with Gasteiger partial charge in [0.2, 0.25) is 0 Å². The van der Waals surface area contributed by atoms with Crippen LogP contribution in [0.3, 0.4) is 0 Å². The van der Waals surface area contributed by atoms with Crippen molar-refractivity contribution in [2.24, 2.45) is 20.5 Å². The van der Waals surface area contributed by atoms with Crippen LogP contribution in [0.2, 0.25) is 0 Å². The van der Waals surface area contributed by atoms with Gasteiger partial charge in [0.25, 0.3) is 0 Å². The molecule has 3 aromatic rings. The van der Waals surface area contributed by atoms with E-state index in [1.165, 1.54) is 5.69 Å². The molecule has 5 nitrogen and oxygen atoms in total. The number of hydrogen-bond donors (Lipinski definition) is 0. The van der Waals surface area contributed by atoms with E-state index in [9.17, 15) is 0 Å². The predicted octanol–water partition coefficient (Wildman–Crippen LogP) is 8.71. The first-order valence-electron chi connectivity index (χ1n) is 10.6. The number of nitrogens with zero attached hydrogens (tertiary/aromatic N) is 5. The molecule has 0 atom stereocenters. The lowest BCUT2D eigenvalue weighted by atomic mass is 10.2. The minimum Gasteiger partial charge on any atom is -0.372 e. The standard InChI is InChI=1S/C26H29N5/c1-5-8-21-9-11-22(12-10-21)28-30-26-18-15-24(19-20(26)4)29-27-23-13-16-25(17-14-23)31(6-2)7-3/h5,8-19H,6-7H2,1-4H3/b8-5-,29-27?,30-28?. The van der Waals surface area contributed by atoms with Crippen molar-refractivity contribution in [3.05, 3.63) is 83.9 Å². The molecular weight excluding hydrogens is 382 g/mol. The van der Waals surface area contributed by atoms with Gasteiger partial charge < -0.3 is 4.90 Å². The Balaban J connectivity index is 1.67. The average Bonchev–Trinajstić information content (AvgIpc) is 2.80. The van der Waals surface area contributed by atoms with Crippen LogP contribution in [-0.4, -0.2) is 13.1 Å². The fourth-order valence-corrected chi connectivity index (χ4v) is 3.20. The Labute approximate surface area is 184 Å². The fraction of sp³-hybridized carbons (Fsp3) is 0.231. The van der Waals surface area contributed by atoms with E-state index in [1.807, 2.05) is 74.5 Å². The fourth-order valence-electron chi connectivity index (χ4n) is 3.20. The summed E-state index contributed by atoms with van der Waals surface area (Å²) < 4.78 is 0. The highest BCUT2D eigenvalue weighted by atomic mass is 15.1. The lowest BCUT2D eigenvalue weighted by Crippen LogP contribution is -2.21. The first-order chi connectivity index (χ1) is 15.1. The maximum absolute atomic E-state index is 4.38. The molecule has 0 spiro atoms. The van der Waals surface area contributed by atoms with Crippen molar-refractivity contribution in [2.75, 3.05) is 18.0 Å². The number of azo groups is 2. The van der Waals surface area contributed by atoms with Crippen LogP contribution in [-0.2, 0) is 0 Å². The third kappa shape index (κ3) is 6.19. The van der Waals surface area contributed by atoms with E-state index in [-0.39, 0.29) is 0 Å². The van der Waals surface area contributed by atoms with Crippen LogP contribution in [0.25, 0.3) is 6.08 Å².